The molecule has 4 heteroatoms. The topological polar surface area (TPSA) is 46.8 Å². The quantitative estimate of drug-likeness (QED) is 0.858. The van der Waals surface area contributed by atoms with Crippen molar-refractivity contribution in [2.45, 2.75) is 18.9 Å². The van der Waals surface area contributed by atoms with Gasteiger partial charge in [-0.3, -0.25) is 0 Å². The van der Waals surface area contributed by atoms with Gasteiger partial charge < -0.3 is 9.84 Å². The van der Waals surface area contributed by atoms with Gasteiger partial charge in [-0.1, -0.05) is 6.07 Å². The van der Waals surface area contributed by atoms with E-state index in [-0.39, 0.29) is 5.92 Å². The second-order valence-electron chi connectivity index (χ2n) is 4.52. The van der Waals surface area contributed by atoms with E-state index < -0.39 is 6.10 Å². The second-order valence-corrected chi connectivity index (χ2v) is 4.52. The van der Waals surface area contributed by atoms with Crippen LogP contribution < -0.4 is 0 Å². The molecule has 3 heterocycles. The highest BCUT2D eigenvalue weighted by molar-refractivity contribution is 5.54. The van der Waals surface area contributed by atoms with E-state index in [2.05, 4.69) is 5.10 Å². The van der Waals surface area contributed by atoms with Gasteiger partial charge in [-0.15, -0.1) is 0 Å². The highest BCUT2D eigenvalue weighted by Crippen LogP contribution is 2.31. The molecule has 1 N–H and O–H groups in total. The molecule has 90 valence electrons. The van der Waals surface area contributed by atoms with Gasteiger partial charge in [-0.25, -0.2) is 4.52 Å². The Bertz CT molecular complexity index is 503. The highest BCUT2D eigenvalue weighted by atomic mass is 16.5. The molecule has 0 bridgehead atoms. The van der Waals surface area contributed by atoms with Gasteiger partial charge >= 0.3 is 0 Å². The lowest BCUT2D eigenvalue weighted by Gasteiger charge is -2.26. The van der Waals surface area contributed by atoms with E-state index in [0.717, 1.165) is 37.1 Å². The first-order valence-electron chi connectivity index (χ1n) is 6.04. The molecule has 0 amide bonds. The van der Waals surface area contributed by atoms with Crippen LogP contribution in [0.25, 0.3) is 5.52 Å². The van der Waals surface area contributed by atoms with Crippen LogP contribution in [0.4, 0.5) is 0 Å². The molecule has 1 aliphatic heterocycles. The zero-order chi connectivity index (χ0) is 11.7. The van der Waals surface area contributed by atoms with Crippen molar-refractivity contribution in [1.82, 2.24) is 9.61 Å². The summed E-state index contributed by atoms with van der Waals surface area (Å²) in [6.07, 6.45) is 5.08. The molecule has 0 radical (unpaired) electrons. The van der Waals surface area contributed by atoms with Crippen molar-refractivity contribution in [1.29, 1.82) is 0 Å². The first kappa shape index (κ1) is 10.7. The summed E-state index contributed by atoms with van der Waals surface area (Å²) in [4.78, 5) is 0. The first-order valence-corrected chi connectivity index (χ1v) is 6.04. The Hall–Kier alpha value is -1.39. The maximum Gasteiger partial charge on any atom is 0.0856 e. The van der Waals surface area contributed by atoms with E-state index in [1.54, 1.807) is 10.7 Å². The molecule has 0 aromatic carbocycles. The smallest absolute Gasteiger partial charge is 0.0856 e. The predicted molar refractivity (Wildman–Crippen MR) is 63.7 cm³/mol. The zero-order valence-electron chi connectivity index (χ0n) is 9.62. The molecule has 1 atom stereocenters. The van der Waals surface area contributed by atoms with E-state index in [9.17, 15) is 5.11 Å². The number of hydrogen-bond acceptors (Lipinski definition) is 3. The SMILES string of the molecule is OC(c1cnn2ccccc12)C1CCOCC1. The summed E-state index contributed by atoms with van der Waals surface area (Å²) in [5, 5.41) is 14.7. The van der Waals surface area contributed by atoms with E-state index in [0.29, 0.717) is 0 Å². The summed E-state index contributed by atoms with van der Waals surface area (Å²) in [6.45, 7) is 1.50. The van der Waals surface area contributed by atoms with Crippen LogP contribution in [0.1, 0.15) is 24.5 Å². The minimum atomic E-state index is -0.432. The van der Waals surface area contributed by atoms with Gasteiger partial charge in [0, 0.05) is 25.0 Å². The average molecular weight is 232 g/mol. The van der Waals surface area contributed by atoms with Gasteiger partial charge in [-0.05, 0) is 30.9 Å². The van der Waals surface area contributed by atoms with Crippen molar-refractivity contribution < 1.29 is 9.84 Å². The number of fused-ring (bicyclic) bond motifs is 1. The number of pyridine rings is 1. The summed E-state index contributed by atoms with van der Waals surface area (Å²) in [5.41, 5.74) is 1.92. The number of nitrogens with zero attached hydrogens (tertiary/aromatic N) is 2. The molecule has 1 saturated heterocycles. The molecule has 0 aliphatic carbocycles. The monoisotopic (exact) mass is 232 g/mol. The van der Waals surface area contributed by atoms with Crippen molar-refractivity contribution in [3.8, 4) is 0 Å². The fourth-order valence-corrected chi connectivity index (χ4v) is 2.47. The maximum absolute atomic E-state index is 10.4. The maximum atomic E-state index is 10.4. The Kier molecular flexibility index (Phi) is 2.82. The molecule has 0 saturated carbocycles. The fourth-order valence-electron chi connectivity index (χ4n) is 2.47. The standard InChI is InChI=1S/C13H16N2O2/c16-13(10-4-7-17-8-5-10)11-9-14-15-6-2-1-3-12(11)15/h1-3,6,9-10,13,16H,4-5,7-8H2. The Morgan fingerprint density at radius 2 is 2.18 bits per heavy atom. The summed E-state index contributed by atoms with van der Waals surface area (Å²) in [6, 6.07) is 5.90. The summed E-state index contributed by atoms with van der Waals surface area (Å²) >= 11 is 0. The van der Waals surface area contributed by atoms with Crippen LogP contribution in [0, 0.1) is 5.92 Å². The lowest BCUT2D eigenvalue weighted by Crippen LogP contribution is -2.21. The molecule has 1 aliphatic rings. The van der Waals surface area contributed by atoms with Gasteiger partial charge in [0.2, 0.25) is 0 Å². The third-order valence-electron chi connectivity index (χ3n) is 3.49. The highest BCUT2D eigenvalue weighted by Gasteiger charge is 2.25. The van der Waals surface area contributed by atoms with Crippen LogP contribution in [0.3, 0.4) is 0 Å². The summed E-state index contributed by atoms with van der Waals surface area (Å²) in [7, 11) is 0. The number of aliphatic hydroxyl groups is 1. The van der Waals surface area contributed by atoms with Gasteiger partial charge in [0.05, 0.1) is 17.8 Å². The van der Waals surface area contributed by atoms with Crippen molar-refractivity contribution in [2.24, 2.45) is 5.92 Å². The number of ether oxygens (including phenoxy) is 1. The Labute approximate surface area is 99.8 Å². The number of aliphatic hydroxyl groups excluding tert-OH is 1. The molecule has 1 fully saturated rings. The van der Waals surface area contributed by atoms with Crippen LogP contribution in [0.5, 0.6) is 0 Å². The Morgan fingerprint density at radius 3 is 3.00 bits per heavy atom. The van der Waals surface area contributed by atoms with Crippen LogP contribution in [0.2, 0.25) is 0 Å². The molecule has 1 unspecified atom stereocenters. The largest absolute Gasteiger partial charge is 0.388 e. The van der Waals surface area contributed by atoms with E-state index in [4.69, 9.17) is 4.74 Å². The molecule has 2 aromatic heterocycles. The average Bonchev–Trinajstić information content (AvgIpc) is 2.83. The van der Waals surface area contributed by atoms with Gasteiger partial charge in [0.25, 0.3) is 0 Å². The fraction of sp³-hybridized carbons (Fsp3) is 0.462. The van der Waals surface area contributed by atoms with E-state index >= 15 is 0 Å². The normalized spacial score (nSPS) is 19.6. The van der Waals surface area contributed by atoms with Crippen molar-refractivity contribution in [3.63, 3.8) is 0 Å². The van der Waals surface area contributed by atoms with Gasteiger partial charge in [0.1, 0.15) is 0 Å². The third kappa shape index (κ3) is 1.94. The van der Waals surface area contributed by atoms with Crippen LogP contribution >= 0.6 is 0 Å². The molecule has 17 heavy (non-hydrogen) atoms. The molecule has 0 spiro atoms. The summed E-state index contributed by atoms with van der Waals surface area (Å²) < 4.78 is 7.13. The minimum absolute atomic E-state index is 0.289. The lowest BCUT2D eigenvalue weighted by atomic mass is 9.90. The molecule has 4 nitrogen and oxygen atoms in total. The number of hydrogen-bond donors (Lipinski definition) is 1. The van der Waals surface area contributed by atoms with Crippen molar-refractivity contribution >= 4 is 5.52 Å². The van der Waals surface area contributed by atoms with Gasteiger partial charge in [0.15, 0.2) is 0 Å². The Morgan fingerprint density at radius 1 is 1.35 bits per heavy atom. The molecule has 2 aromatic rings. The predicted octanol–water partition coefficient (Wildman–Crippen LogP) is 1.79. The van der Waals surface area contributed by atoms with E-state index in [1.165, 1.54) is 0 Å². The van der Waals surface area contributed by atoms with Crippen LogP contribution in [-0.2, 0) is 4.74 Å². The zero-order valence-corrected chi connectivity index (χ0v) is 9.62. The molecular weight excluding hydrogens is 216 g/mol. The second kappa shape index (κ2) is 4.47. The van der Waals surface area contributed by atoms with Crippen LogP contribution in [-0.4, -0.2) is 27.9 Å². The summed E-state index contributed by atoms with van der Waals surface area (Å²) in [5.74, 6) is 0.289. The number of aromatic nitrogens is 2. The van der Waals surface area contributed by atoms with Gasteiger partial charge in [-0.2, -0.15) is 5.10 Å². The van der Waals surface area contributed by atoms with E-state index in [1.807, 2.05) is 24.4 Å². The number of rotatable bonds is 2. The molecular formula is C13H16N2O2. The van der Waals surface area contributed by atoms with Crippen LogP contribution in [0.15, 0.2) is 30.6 Å². The lowest BCUT2D eigenvalue weighted by molar-refractivity contribution is 0.00770. The van der Waals surface area contributed by atoms with Crippen molar-refractivity contribution in [2.75, 3.05) is 13.2 Å². The Balaban J connectivity index is 1.92. The first-order chi connectivity index (χ1) is 8.36. The third-order valence-corrected chi connectivity index (χ3v) is 3.49. The molecule has 3 rings (SSSR count). The minimum Gasteiger partial charge on any atom is -0.388 e. The van der Waals surface area contributed by atoms with Crippen molar-refractivity contribution in [3.05, 3.63) is 36.2 Å².